The third-order valence-corrected chi connectivity index (χ3v) is 19.6. The molecule has 2 atom stereocenters. The second kappa shape index (κ2) is 20.8. The number of non-ortho nitro benzene ring substituents is 1. The van der Waals surface area contributed by atoms with E-state index in [-0.39, 0.29) is 17.5 Å². The van der Waals surface area contributed by atoms with E-state index in [4.69, 9.17) is 5.73 Å². The van der Waals surface area contributed by atoms with E-state index in [0.717, 1.165) is 49.4 Å². The van der Waals surface area contributed by atoms with Crippen molar-refractivity contribution in [3.05, 3.63) is 117 Å². The molecule has 11 N–H and O–H groups in total. The van der Waals surface area contributed by atoms with Crippen LogP contribution in [0.3, 0.4) is 0 Å². The Hall–Kier alpha value is -7.85. The first-order chi connectivity index (χ1) is 37.4. The van der Waals surface area contributed by atoms with Crippen LogP contribution in [0.15, 0.2) is 161 Å². The minimum Gasteiger partial charge on any atom is -0.505 e. The number of aromatic hydroxyl groups is 1. The van der Waals surface area contributed by atoms with E-state index in [1.165, 1.54) is 0 Å². The Morgan fingerprint density at radius 2 is 1.11 bits per heavy atom. The van der Waals surface area contributed by atoms with Crippen LogP contribution >= 0.6 is 0 Å². The van der Waals surface area contributed by atoms with Crippen LogP contribution < -0.4 is 5.73 Å². The lowest BCUT2D eigenvalue weighted by Crippen LogP contribution is -2.42. The maximum Gasteiger partial charge on any atom is 0.297 e. The first-order valence-electron chi connectivity index (χ1n) is 21.4. The molecule has 5 aromatic rings. The van der Waals surface area contributed by atoms with Gasteiger partial charge >= 0.3 is 0 Å². The molecule has 0 bridgehead atoms. The van der Waals surface area contributed by atoms with Crippen LogP contribution in [0.25, 0.3) is 16.5 Å². The number of aliphatic hydroxyl groups is 1. The van der Waals surface area contributed by atoms with E-state index in [2.05, 4.69) is 40.9 Å². The van der Waals surface area contributed by atoms with Crippen LogP contribution in [0.5, 0.6) is 5.75 Å². The van der Waals surface area contributed by atoms with E-state index in [1.807, 2.05) is 0 Å². The summed E-state index contributed by atoms with van der Waals surface area (Å²) in [6.45, 7) is 1.58. The van der Waals surface area contributed by atoms with E-state index >= 15 is 0 Å². The van der Waals surface area contributed by atoms with Gasteiger partial charge in [0, 0.05) is 35.9 Å². The van der Waals surface area contributed by atoms with Gasteiger partial charge in [-0.05, 0) is 86.2 Å². The standard InChI is InChI=1S/C40H34N10O25S7/c1-39(81(70,71)72)16-19(43-42-18-3-7-21(8-4-18)76(55,56)57)5-12-31(39)47-49-38-35(51)22-9-11-26(37(80(67,68)69)24(22)17-40(38,2)82(73,74)75)45-46-27-15-28(77(58,59)60)23-14-30(79(64,65)66)34(36(52)32(23)33(27)41)48-44-25-10-6-20(50(53)54)13-29(25)78(61,62)63/h3-15,51-52H,16-17,41H2,1-2H3,(H,55,56,57)(H,58,59,60)(H,61,62,63)(H,64,65,66)(H,67,68,69)(H,70,71,72)(H,73,74,75). The van der Waals surface area contributed by atoms with E-state index in [9.17, 15) is 111 Å². The predicted octanol–water partition coefficient (Wildman–Crippen LogP) is 6.58. The first kappa shape index (κ1) is 61.8. The topological polar surface area (TPSA) is 589 Å². The van der Waals surface area contributed by atoms with Crippen LogP contribution in [-0.4, -0.2) is 115 Å². The van der Waals surface area contributed by atoms with Crippen LogP contribution in [0.1, 0.15) is 31.4 Å². The molecule has 0 fully saturated rings. The zero-order chi connectivity index (χ0) is 61.5. The van der Waals surface area contributed by atoms with Crippen molar-refractivity contribution in [2.45, 2.75) is 60.7 Å². The second-order valence-electron chi connectivity index (χ2n) is 17.5. The first-order valence-corrected chi connectivity index (χ1v) is 31.5. The average molecular weight is 1280 g/mol. The molecular formula is C40H34N10O25S7. The maximum absolute atomic E-state index is 13.3. The summed E-state index contributed by atoms with van der Waals surface area (Å²) in [6, 6.07) is 7.81. The van der Waals surface area contributed by atoms with E-state index in [0.29, 0.717) is 37.3 Å². The summed E-state index contributed by atoms with van der Waals surface area (Å²) in [5.74, 6) is -2.87. The molecule has 7 rings (SSSR count). The number of nitrogens with zero attached hydrogens (tertiary/aromatic N) is 9. The van der Waals surface area contributed by atoms with Gasteiger partial charge in [0.2, 0.25) is 0 Å². The Bertz CT molecular complexity index is 4740. The molecule has 0 saturated carbocycles. The van der Waals surface area contributed by atoms with Crippen molar-refractivity contribution < 1.29 is 106 Å². The summed E-state index contributed by atoms with van der Waals surface area (Å²) in [4.78, 5) is 4.09. The van der Waals surface area contributed by atoms with Gasteiger partial charge in [-0.2, -0.15) is 74.3 Å². The highest BCUT2D eigenvalue weighted by molar-refractivity contribution is 7.88. The van der Waals surface area contributed by atoms with Gasteiger partial charge in [-0.1, -0.05) is 0 Å². The summed E-state index contributed by atoms with van der Waals surface area (Å²) < 4.78 is 242. The Morgan fingerprint density at radius 1 is 0.549 bits per heavy atom. The fraction of sp³-hybridized carbons (Fsp3) is 0.150. The molecule has 82 heavy (non-hydrogen) atoms. The minimum absolute atomic E-state index is 0.00517. The van der Waals surface area contributed by atoms with Crippen molar-refractivity contribution in [3.63, 3.8) is 0 Å². The molecule has 35 nitrogen and oxygen atoms in total. The third-order valence-electron chi connectivity index (χ3n) is 12.1. The monoisotopic (exact) mass is 1280 g/mol. The highest BCUT2D eigenvalue weighted by Gasteiger charge is 2.51. The van der Waals surface area contributed by atoms with Crippen LogP contribution in [-0.2, 0) is 77.2 Å². The quantitative estimate of drug-likeness (QED) is 0.0164. The molecule has 42 heteroatoms. The van der Waals surface area contributed by atoms with Crippen LogP contribution in [0, 0.1) is 10.1 Å². The second-order valence-corrected chi connectivity index (χ2v) is 28.1. The van der Waals surface area contributed by atoms with Crippen molar-refractivity contribution >= 4 is 127 Å². The van der Waals surface area contributed by atoms with Gasteiger partial charge in [0.05, 0.1) is 38.0 Å². The molecule has 0 heterocycles. The van der Waals surface area contributed by atoms with Crippen LogP contribution in [0.4, 0.5) is 39.8 Å². The van der Waals surface area contributed by atoms with Crippen molar-refractivity contribution in [1.29, 1.82) is 0 Å². The number of hydrogen-bond donors (Lipinski definition) is 10. The molecule has 0 spiro atoms. The largest absolute Gasteiger partial charge is 0.505 e. The number of nitro benzene ring substituents is 1. The average Bonchev–Trinajstić information content (AvgIpc) is 2.61. The van der Waals surface area contributed by atoms with Gasteiger partial charge in [-0.3, -0.25) is 42.0 Å². The van der Waals surface area contributed by atoms with Gasteiger partial charge in [-0.25, -0.2) is 0 Å². The Kier molecular flexibility index (Phi) is 15.7. The highest BCUT2D eigenvalue weighted by atomic mass is 32.2. The number of rotatable bonds is 16. The summed E-state index contributed by atoms with van der Waals surface area (Å²) in [7, 11) is -38.0. The van der Waals surface area contributed by atoms with Crippen molar-refractivity contribution in [1.82, 2.24) is 0 Å². The van der Waals surface area contributed by atoms with E-state index < -0.39 is 201 Å². The lowest BCUT2D eigenvalue weighted by molar-refractivity contribution is -0.385. The molecule has 436 valence electrons. The van der Waals surface area contributed by atoms with Crippen molar-refractivity contribution in [2.24, 2.45) is 40.9 Å². The zero-order valence-electron chi connectivity index (χ0n) is 40.4. The number of azo groups is 4. The van der Waals surface area contributed by atoms with Gasteiger partial charge in [0.25, 0.3) is 76.5 Å². The summed E-state index contributed by atoms with van der Waals surface area (Å²) >= 11 is 0. The minimum atomic E-state index is -5.74. The number of anilines is 1. The van der Waals surface area contributed by atoms with Crippen molar-refractivity contribution in [3.8, 4) is 5.75 Å². The number of phenols is 1. The lowest BCUT2D eigenvalue weighted by Gasteiger charge is -2.33. The predicted molar refractivity (Wildman–Crippen MR) is 277 cm³/mol. The molecule has 2 aliphatic carbocycles. The highest BCUT2D eigenvalue weighted by Crippen LogP contribution is 2.50. The Morgan fingerprint density at radius 3 is 1.65 bits per heavy atom. The van der Waals surface area contributed by atoms with Gasteiger partial charge < -0.3 is 15.9 Å². The number of phenolic OH excluding ortho intramolecular Hbond substituents is 1. The SMILES string of the molecule is CC1(S(=O)(=O)O)CC(N=Nc2ccc(S(=O)(=O)O)cc2)=CC=C1N=NC1=C(O)c2ccc(N=Nc3cc(S(=O)(=O)O)c4cc(S(=O)(=O)O)c(N=Nc5ccc([N+](=O)[O-])cc5S(=O)(=O)O)c(O)c4c3N)c(S(=O)(=O)O)c2CC1(C)S(=O)(=O)O. The third kappa shape index (κ3) is 11.9. The van der Waals surface area contributed by atoms with Gasteiger partial charge in [0.1, 0.15) is 63.3 Å². The fourth-order valence-electron chi connectivity index (χ4n) is 7.95. The smallest absolute Gasteiger partial charge is 0.297 e. The zero-order valence-corrected chi connectivity index (χ0v) is 46.2. The number of nitro groups is 1. The number of nitrogen functional groups attached to an aromatic ring is 1. The molecule has 0 amide bonds. The molecule has 2 unspecified atom stereocenters. The molecule has 0 aliphatic heterocycles. The number of hydrogen-bond acceptors (Lipinski definition) is 27. The fourth-order valence-corrected chi connectivity index (χ4v) is 12.7. The number of fused-ring (bicyclic) bond motifs is 2. The Labute approximate surface area is 460 Å². The number of nitrogens with two attached hydrogens (primary N) is 1. The summed E-state index contributed by atoms with van der Waals surface area (Å²) in [6.07, 6.45) is 0.00182. The summed E-state index contributed by atoms with van der Waals surface area (Å²) in [5.41, 5.74) is -3.53. The molecule has 5 aromatic carbocycles. The number of aliphatic hydroxyl groups excluding tert-OH is 1. The van der Waals surface area contributed by atoms with Crippen LogP contribution in [0.2, 0.25) is 0 Å². The van der Waals surface area contributed by atoms with E-state index in [1.54, 1.807) is 0 Å². The van der Waals surface area contributed by atoms with Gasteiger partial charge in [-0.15, -0.1) is 25.6 Å². The lowest BCUT2D eigenvalue weighted by atomic mass is 9.85. The Balaban J connectivity index is 1.38. The summed E-state index contributed by atoms with van der Waals surface area (Å²) in [5, 5.41) is 61.8. The number of allylic oxidation sites excluding steroid dienone is 3. The molecule has 2 aliphatic rings. The van der Waals surface area contributed by atoms with Gasteiger partial charge in [0.15, 0.2) is 5.75 Å². The molecular weight excluding hydrogens is 1240 g/mol. The van der Waals surface area contributed by atoms with Crippen molar-refractivity contribution in [2.75, 3.05) is 5.73 Å². The molecule has 0 aromatic heterocycles. The molecule has 0 saturated heterocycles. The molecule has 0 radical (unpaired) electrons. The number of benzene rings is 5. The maximum atomic E-state index is 13.3. The normalized spacial score (nSPS) is 18.9.